The van der Waals surface area contributed by atoms with E-state index in [0.29, 0.717) is 46.3 Å². The van der Waals surface area contributed by atoms with Crippen molar-refractivity contribution in [2.45, 2.75) is 216 Å². The van der Waals surface area contributed by atoms with Crippen molar-refractivity contribution in [1.29, 1.82) is 0 Å². The number of H-pyrrole nitrogens is 2. The number of rotatable bonds is 26. The summed E-state index contributed by atoms with van der Waals surface area (Å²) in [5.41, 5.74) is 19.5. The summed E-state index contributed by atoms with van der Waals surface area (Å²) < 4.78 is 210. The van der Waals surface area contributed by atoms with E-state index in [4.69, 9.17) is 117 Å². The third kappa shape index (κ3) is 24.4. The number of aromatic amines is 2. The molecule has 0 spiro atoms. The fraction of sp³-hybridized carbons (Fsp3) is 0.645. The number of hydrogen-bond acceptors (Lipinski definition) is 51. The number of anilines is 5. The van der Waals surface area contributed by atoms with Crippen molar-refractivity contribution in [1.82, 2.24) is 87.2 Å². The molecule has 35 atom stereocenters. The molecule has 0 saturated carbocycles. The molecular formula is C76H107F2N23O36P6Y6. The van der Waals surface area contributed by atoms with Crippen LogP contribution in [0.1, 0.15) is 78.9 Å². The summed E-state index contributed by atoms with van der Waals surface area (Å²) in [4.78, 5) is 102. The van der Waals surface area contributed by atoms with Gasteiger partial charge in [0.05, 0.1) is 109 Å². The molecule has 12 aliphatic rings. The van der Waals surface area contributed by atoms with Gasteiger partial charge in [-0.15, -0.1) is 0 Å². The second kappa shape index (κ2) is 51.3. The number of aliphatic hydroxyl groups is 6. The molecule has 9 aromatic heterocycles. The Kier molecular flexibility index (Phi) is 44.2. The Balaban J connectivity index is 0.000000182. The van der Waals surface area contributed by atoms with Crippen molar-refractivity contribution >= 4 is 111 Å². The Morgan fingerprint density at radius 2 is 0.819 bits per heavy atom. The van der Waals surface area contributed by atoms with Gasteiger partial charge in [-0.05, 0) is 47.6 Å². The largest absolute Gasteiger partial charge is 0.476 e. The molecule has 12 saturated heterocycles. The molecule has 0 aliphatic carbocycles. The fourth-order valence-electron chi connectivity index (χ4n) is 19.1. The van der Waals surface area contributed by atoms with Crippen LogP contribution in [0.15, 0.2) is 80.0 Å². The molecule has 0 amide bonds. The Hall–Kier alpha value is -2.41. The van der Waals surface area contributed by atoms with E-state index in [0.717, 1.165) is 21.4 Å². The van der Waals surface area contributed by atoms with E-state index in [1.807, 2.05) is 16.9 Å². The van der Waals surface area contributed by atoms with Crippen molar-refractivity contribution in [2.75, 3.05) is 122 Å². The monoisotopic (exact) mass is 2670 g/mol. The second-order valence-corrected chi connectivity index (χ2v) is 42.5. The molecule has 0 aromatic carbocycles. The average molecular weight is 2680 g/mol. The number of ether oxygens (including phenoxy) is 13. The Labute approximate surface area is 996 Å². The molecular weight excluding hydrogens is 2570 g/mol. The van der Waals surface area contributed by atoms with E-state index in [9.17, 15) is 90.8 Å². The minimum atomic E-state index is -2.67. The number of hydrogen-bond donors (Lipinski definition) is 13. The first-order valence-electron chi connectivity index (χ1n) is 44.1. The van der Waals surface area contributed by atoms with Crippen molar-refractivity contribution in [3.05, 3.63) is 114 Å². The fourth-order valence-corrected chi connectivity index (χ4v) is 23.0. The van der Waals surface area contributed by atoms with E-state index < -0.39 is 257 Å². The number of aliphatic hydroxyl groups excluding tert-OH is 6. The maximum Gasteiger partial charge on any atom is 0.351 e. The van der Waals surface area contributed by atoms with Gasteiger partial charge in [-0.1, -0.05) is 0 Å². The number of halogens is 2. The number of nitrogens with two attached hydrogens (primary N) is 5. The summed E-state index contributed by atoms with van der Waals surface area (Å²) in [5, 5.41) is 63.1. The van der Waals surface area contributed by atoms with Crippen LogP contribution in [0, 0.1) is 5.82 Å². The molecule has 12 aliphatic heterocycles. The predicted octanol–water partition coefficient (Wildman–Crippen LogP) is -2.64. The average Bonchev–Trinajstić information content (AvgIpc) is 1.54. The van der Waals surface area contributed by atoms with Crippen LogP contribution in [0.4, 0.5) is 38.1 Å². The Morgan fingerprint density at radius 3 is 1.21 bits per heavy atom. The Morgan fingerprint density at radius 1 is 0.450 bits per heavy atom. The summed E-state index contributed by atoms with van der Waals surface area (Å²) in [7, 11) is -13.4. The molecule has 12 bridgehead atoms. The summed E-state index contributed by atoms with van der Waals surface area (Å²) >= 11 is 0. The minimum Gasteiger partial charge on any atom is -0.476 e. The van der Waals surface area contributed by atoms with Crippen LogP contribution in [0.25, 0.3) is 33.5 Å². The standard InChI is InChI=1S/C15H22N5O6P.C13H19N6O5P.C13H18N5O5P.C12H16FN2O7P.C12H18N3O6P.C11H14FN2O7P.6Y/c1-4-23-12-8-11(18-14(16)19-12)20(6-17-8)13-9-10(21)15(25-13,5-24-9)7(2)26-27(3)22;1-5(24-25(2)21)13-3-22-7(8(13)20)11(23-13)19-4-16-6-9(14)17-12(15)18-10(6)19;1-6(23-24(2)20)13-3-21-8(9(13)19)12(22-13)18-5-17-7-10(14)15-4-16-11(7)18;1-5(22-23(2)19)12-4-20-7(8(12)16)10(21-12)15-3-6(13)9(17)14-11(15)18;1-6(21-22(2)18)12-5-19-8(9(12)16)10(20-12)15-4-3-7(13)14-11(15)17;1-22(18)20-5-10-4-19-11(12,7(10)16)8(21-10)14-3-2-6(15)13-9(14)17;;;;;;/h6-7,9-10,13,21,27H,4-5H2,1-3H3,(H2,16,18,19);4-5,7-8,11,20,25H,3H2,1-2H3,(H4,14,15,17,18);4-6,8-9,12,19,24H,3H2,1-2H3,(H2,14,15,16);3,5,7-8,10,16,23H,4H2,1-2H3,(H,14,17,18);3-4,6,8-10,16,22H,5H2,1-2H3,(H2,13,14,17);2-3,7-8,16,22H,4-5H2,1H3,(H,13,15,17);;;;;;/t7-,9+,10-,13+,15+;5-,7+,8-,11+,13+;6-,8+,9-,12+,13+;5-,7+,8-,10+,12+;6-,8+,9-,10+,12+;7-,8-,10-,11-;;;;;;/m000001....../s1. The molecule has 804 valence electrons. The van der Waals surface area contributed by atoms with Crippen LogP contribution in [0.3, 0.4) is 0 Å². The number of imidazole rings is 3. The molecule has 21 heterocycles. The zero-order valence-electron chi connectivity index (χ0n) is 81.2. The van der Waals surface area contributed by atoms with Gasteiger partial charge >= 0.3 is 17.1 Å². The normalized spacial score (nSPS) is 33.6. The van der Waals surface area contributed by atoms with Gasteiger partial charge < -0.3 is 148 Å². The van der Waals surface area contributed by atoms with E-state index in [-0.39, 0.29) is 278 Å². The maximum atomic E-state index is 14.9. The minimum absolute atomic E-state index is 0. The first kappa shape index (κ1) is 128. The summed E-state index contributed by atoms with van der Waals surface area (Å²) in [6.45, 7) is 19.1. The molecule has 59 nitrogen and oxygen atoms in total. The van der Waals surface area contributed by atoms with Gasteiger partial charge in [0.15, 0.2) is 120 Å². The van der Waals surface area contributed by atoms with Crippen LogP contribution < -0.4 is 61.6 Å². The van der Waals surface area contributed by atoms with Crippen LogP contribution in [-0.2, 0) is 308 Å². The predicted molar refractivity (Wildman–Crippen MR) is 490 cm³/mol. The number of alkyl halides is 1. The van der Waals surface area contributed by atoms with E-state index >= 15 is 0 Å². The molecule has 6 unspecified atom stereocenters. The smallest absolute Gasteiger partial charge is 0.351 e. The first-order valence-corrected chi connectivity index (χ1v) is 55.0. The van der Waals surface area contributed by atoms with Crippen LogP contribution >= 0.6 is 48.2 Å². The number of aromatic nitrogens is 18. The van der Waals surface area contributed by atoms with Gasteiger partial charge in [0.1, 0.15) is 118 Å². The zero-order chi connectivity index (χ0) is 103. The number of nitrogens with one attached hydrogen (secondary N) is 2. The Bertz CT molecular complexity index is 6800. The van der Waals surface area contributed by atoms with Crippen LogP contribution in [-0.4, -0.2) is 348 Å². The number of nitrogen functional groups attached to an aromatic ring is 5. The van der Waals surface area contributed by atoms with E-state index in [1.165, 1.54) is 82.1 Å². The van der Waals surface area contributed by atoms with Crippen molar-refractivity contribution in [2.24, 2.45) is 0 Å². The molecule has 21 rings (SSSR count). The van der Waals surface area contributed by atoms with E-state index in [2.05, 4.69) is 49.8 Å². The third-order valence-electron chi connectivity index (χ3n) is 26.2. The molecule has 73 heteroatoms. The third-order valence-corrected chi connectivity index (χ3v) is 30.2. The van der Waals surface area contributed by atoms with E-state index in [1.54, 1.807) is 48.3 Å². The first-order chi connectivity index (χ1) is 67.5. The molecule has 12 fully saturated rings. The van der Waals surface area contributed by atoms with Crippen LogP contribution in [0.5, 0.6) is 5.88 Å². The van der Waals surface area contributed by atoms with Gasteiger partial charge in [-0.3, -0.25) is 74.3 Å². The van der Waals surface area contributed by atoms with Gasteiger partial charge in [-0.2, -0.15) is 29.3 Å². The SMILES string of the molecule is CCOc1nc(N)nc2c1ncn2[C@@H]1O[C@@]2([C@H](C)O[PH](C)=O)CO[C@@H]1[C@@H]2O.C[C@H](O[PH](C)=O)[C@@]12CO[C@@H]([C@H](n3cc(F)c(=O)[nH]c3=O)O1)[C@@H]2O.C[C@H](O[PH](C)=O)[C@@]12CO[C@@H]([C@H](n3ccc(N)nc3=O)O1)[C@@H]2O.C[C@H](O[PH](C)=O)[C@@]12CO[C@@H]([C@H](n3cnc4c(N)nc(N)nc43)O1)[C@@H]2O.C[C@H](O[PH](C)=O)[C@@]12CO[C@@H]([C@H](n3cnc4c(N)ncnc43)O1)[C@@H]2O.C[PH](=O)OC[C@]12CO[C@](F)([C@@H]1O)[C@H](n1ccc(=O)[nH]c1=O)O2.[Y].[Y].[Y].[Y].[Y].[Y]. The quantitative estimate of drug-likeness (QED) is 0.0246. The number of nitrogens with zero attached hydrogens (tertiary/aromatic N) is 16. The molecule has 9 aromatic rings. The summed E-state index contributed by atoms with van der Waals surface area (Å²) in [5.74, 6) is -3.00. The van der Waals surface area contributed by atoms with Crippen molar-refractivity contribution in [3.63, 3.8) is 0 Å². The molecule has 18 N–H and O–H groups in total. The summed E-state index contributed by atoms with van der Waals surface area (Å²) in [6.07, 6.45) is -10.1. The zero-order valence-corrected chi connectivity index (χ0v) is 104. The van der Waals surface area contributed by atoms with Gasteiger partial charge in [0.25, 0.3) is 17.0 Å². The maximum absolute atomic E-state index is 14.9. The van der Waals surface area contributed by atoms with Gasteiger partial charge in [-0.25, -0.2) is 43.7 Å². The second-order valence-electron chi connectivity index (χ2n) is 35.1. The van der Waals surface area contributed by atoms with Gasteiger partial charge in [0.2, 0.25) is 29.8 Å². The van der Waals surface area contributed by atoms with Crippen LogP contribution in [0.2, 0.25) is 0 Å². The summed E-state index contributed by atoms with van der Waals surface area (Å²) in [6, 6.07) is 2.47. The topological polar surface area (TPSA) is 805 Å². The molecule has 149 heavy (non-hydrogen) atoms. The van der Waals surface area contributed by atoms with Gasteiger partial charge in [0, 0.05) is 255 Å². The molecule has 6 radical (unpaired) electrons. The number of fused-ring (bicyclic) bond motifs is 15. The van der Waals surface area contributed by atoms with Crippen molar-refractivity contribution < 1.29 is 352 Å². The van der Waals surface area contributed by atoms with Crippen molar-refractivity contribution in [3.8, 4) is 5.88 Å².